The van der Waals surface area contributed by atoms with Crippen molar-refractivity contribution in [2.24, 2.45) is 0 Å². The number of aromatic nitrogens is 2. The fraction of sp³-hybridized carbons (Fsp3) is 0.136. The first-order valence-corrected chi connectivity index (χ1v) is 12.3. The molecule has 8 nitrogen and oxygen atoms in total. The Morgan fingerprint density at radius 3 is 2.49 bits per heavy atom. The van der Waals surface area contributed by atoms with Gasteiger partial charge in [0.25, 0.3) is 5.89 Å². The third-order valence-electron chi connectivity index (χ3n) is 4.60. The van der Waals surface area contributed by atoms with Crippen molar-refractivity contribution in [1.29, 1.82) is 5.41 Å². The highest BCUT2D eigenvalue weighted by atomic mass is 79.9. The van der Waals surface area contributed by atoms with Gasteiger partial charge in [0.05, 0.1) is 27.7 Å². The maximum atomic E-state index is 13.6. The number of methoxy groups -OCH3 is 1. The molecule has 13 heteroatoms. The van der Waals surface area contributed by atoms with Crippen molar-refractivity contribution in [1.82, 2.24) is 10.2 Å². The number of ether oxygens (including phenoxy) is 1. The molecule has 0 amide bonds. The lowest BCUT2D eigenvalue weighted by Gasteiger charge is -2.16. The van der Waals surface area contributed by atoms with Crippen molar-refractivity contribution in [3.8, 4) is 11.5 Å². The summed E-state index contributed by atoms with van der Waals surface area (Å²) in [5.74, 6) is -0.450. The second kappa shape index (κ2) is 10.0. The van der Waals surface area contributed by atoms with Gasteiger partial charge in [0, 0.05) is 11.8 Å². The largest absolute Gasteiger partial charge is 0.495 e. The average molecular weight is 571 g/mol. The predicted octanol–water partition coefficient (Wildman–Crippen LogP) is 5.51. The molecule has 0 spiro atoms. The summed E-state index contributed by atoms with van der Waals surface area (Å²) in [6, 6.07) is 10.5. The second-order valence-electron chi connectivity index (χ2n) is 7.07. The topological polar surface area (TPSA) is 118 Å². The van der Waals surface area contributed by atoms with Crippen molar-refractivity contribution >= 4 is 42.9 Å². The molecule has 0 unspecified atom stereocenters. The molecule has 0 aliphatic heterocycles. The Hall–Kier alpha value is -3.45. The van der Waals surface area contributed by atoms with Gasteiger partial charge in [0.2, 0.25) is 5.89 Å². The molecule has 0 saturated carbocycles. The number of nitrogens with one attached hydrogen (secondary N) is 2. The molecule has 1 aromatic heterocycles. The van der Waals surface area contributed by atoms with Gasteiger partial charge in [0.1, 0.15) is 17.2 Å². The first-order chi connectivity index (χ1) is 16.3. The number of alkyl halides is 3. The van der Waals surface area contributed by atoms with Crippen LogP contribution in [-0.4, -0.2) is 37.7 Å². The Morgan fingerprint density at radius 2 is 1.86 bits per heavy atom. The number of rotatable bonds is 8. The van der Waals surface area contributed by atoms with E-state index in [-0.39, 0.29) is 49.6 Å². The summed E-state index contributed by atoms with van der Waals surface area (Å²) in [6.07, 6.45) is -3.63. The lowest BCUT2D eigenvalue weighted by molar-refractivity contribution is -0.136. The highest BCUT2D eigenvalue weighted by Crippen LogP contribution is 2.37. The third-order valence-corrected chi connectivity index (χ3v) is 6.51. The molecule has 0 aliphatic rings. The SMILES string of the molecule is C=C(OC)C(=N)/C(Br)=C(\Nc1ccccc1C(F)(F)F)c1nnc(-c2cccc(S(C)(=O)=O)c2)o1. The van der Waals surface area contributed by atoms with Gasteiger partial charge in [-0.3, -0.25) is 5.41 Å². The maximum Gasteiger partial charge on any atom is 0.418 e. The second-order valence-corrected chi connectivity index (χ2v) is 9.88. The molecule has 0 aliphatic carbocycles. The van der Waals surface area contributed by atoms with Crippen LogP contribution in [0.25, 0.3) is 17.2 Å². The highest BCUT2D eigenvalue weighted by Gasteiger charge is 2.34. The number of allylic oxidation sites excluding steroid dienone is 1. The van der Waals surface area contributed by atoms with E-state index in [4.69, 9.17) is 14.6 Å². The Balaban J connectivity index is 2.14. The summed E-state index contributed by atoms with van der Waals surface area (Å²) in [7, 11) is -2.24. The van der Waals surface area contributed by atoms with Crippen LogP contribution < -0.4 is 5.32 Å². The summed E-state index contributed by atoms with van der Waals surface area (Å²) in [5, 5.41) is 18.6. The molecule has 0 saturated heterocycles. The highest BCUT2D eigenvalue weighted by molar-refractivity contribution is 9.12. The third kappa shape index (κ3) is 5.98. The van der Waals surface area contributed by atoms with Gasteiger partial charge in [0.15, 0.2) is 9.84 Å². The predicted molar refractivity (Wildman–Crippen MR) is 128 cm³/mol. The van der Waals surface area contributed by atoms with Crippen molar-refractivity contribution < 1.29 is 30.7 Å². The van der Waals surface area contributed by atoms with Crippen LogP contribution in [0.3, 0.4) is 0 Å². The molecule has 0 bridgehead atoms. The molecular weight excluding hydrogens is 553 g/mol. The Bertz CT molecular complexity index is 1430. The first kappa shape index (κ1) is 26.2. The number of sulfone groups is 1. The minimum atomic E-state index is -4.67. The van der Waals surface area contributed by atoms with E-state index in [9.17, 15) is 21.6 Å². The van der Waals surface area contributed by atoms with E-state index in [0.717, 1.165) is 12.3 Å². The van der Waals surface area contributed by atoms with Crippen LogP contribution in [0.2, 0.25) is 0 Å². The van der Waals surface area contributed by atoms with E-state index in [0.29, 0.717) is 0 Å². The summed E-state index contributed by atoms with van der Waals surface area (Å²) >= 11 is 3.19. The Morgan fingerprint density at radius 1 is 1.17 bits per heavy atom. The smallest absolute Gasteiger partial charge is 0.418 e. The molecule has 0 radical (unpaired) electrons. The quantitative estimate of drug-likeness (QED) is 0.270. The summed E-state index contributed by atoms with van der Waals surface area (Å²) < 4.78 is 75.0. The summed E-state index contributed by atoms with van der Waals surface area (Å²) in [4.78, 5) is 0.0158. The zero-order valence-electron chi connectivity index (χ0n) is 18.3. The van der Waals surface area contributed by atoms with Gasteiger partial charge in [-0.1, -0.05) is 24.8 Å². The molecule has 1 heterocycles. The minimum absolute atomic E-state index is 0.0158. The molecule has 3 aromatic rings. The minimum Gasteiger partial charge on any atom is -0.495 e. The number of hydrogen-bond acceptors (Lipinski definition) is 8. The van der Waals surface area contributed by atoms with Gasteiger partial charge in [-0.05, 0) is 46.3 Å². The van der Waals surface area contributed by atoms with Crippen molar-refractivity contribution in [2.45, 2.75) is 11.1 Å². The standard InChI is InChI=1S/C22H18BrF3N4O4S/c1-12(33-2)18(27)17(23)19(28-16-10-5-4-9-15(16)22(24,25)26)21-30-29-20(34-21)13-7-6-8-14(11-13)35(3,31)32/h4-11,27-28H,1H2,2-3H3/b19-17+,27-18?. The number of para-hydroxylation sites is 1. The molecule has 35 heavy (non-hydrogen) atoms. The lowest BCUT2D eigenvalue weighted by Crippen LogP contribution is -2.13. The van der Waals surface area contributed by atoms with E-state index < -0.39 is 21.6 Å². The molecule has 2 aromatic carbocycles. The van der Waals surface area contributed by atoms with Crippen LogP contribution in [0.4, 0.5) is 18.9 Å². The van der Waals surface area contributed by atoms with Gasteiger partial charge >= 0.3 is 6.18 Å². The molecular formula is C22H18BrF3N4O4S. The Kier molecular flexibility index (Phi) is 7.50. The number of nitrogens with zero attached hydrogens (tertiary/aromatic N) is 2. The van der Waals surface area contributed by atoms with E-state index in [1.54, 1.807) is 0 Å². The molecule has 0 fully saturated rings. The van der Waals surface area contributed by atoms with Gasteiger partial charge in [-0.2, -0.15) is 13.2 Å². The van der Waals surface area contributed by atoms with E-state index in [1.807, 2.05) is 0 Å². The van der Waals surface area contributed by atoms with E-state index >= 15 is 0 Å². The fourth-order valence-electron chi connectivity index (χ4n) is 2.83. The normalized spacial score (nSPS) is 12.6. The number of halogens is 4. The molecule has 184 valence electrons. The summed E-state index contributed by atoms with van der Waals surface area (Å²) in [6.45, 7) is 3.58. The maximum absolute atomic E-state index is 13.6. The van der Waals surface area contributed by atoms with Gasteiger partial charge in [-0.25, -0.2) is 8.42 Å². The lowest BCUT2D eigenvalue weighted by atomic mass is 10.1. The van der Waals surface area contributed by atoms with Crippen LogP contribution in [0.5, 0.6) is 0 Å². The van der Waals surface area contributed by atoms with Crippen molar-refractivity contribution in [3.05, 3.63) is 76.8 Å². The van der Waals surface area contributed by atoms with Crippen molar-refractivity contribution in [3.63, 3.8) is 0 Å². The average Bonchev–Trinajstić information content (AvgIpc) is 3.30. The molecule has 3 rings (SSSR count). The Labute approximate surface area is 207 Å². The number of hydrogen-bond donors (Lipinski definition) is 2. The zero-order chi connectivity index (χ0) is 26.0. The fourth-order valence-corrected chi connectivity index (χ4v) is 3.98. The zero-order valence-corrected chi connectivity index (χ0v) is 20.7. The summed E-state index contributed by atoms with van der Waals surface area (Å²) in [5.41, 5.74) is -1.48. The van der Waals surface area contributed by atoms with Crippen LogP contribution in [0.15, 0.2) is 74.7 Å². The molecule has 2 N–H and O–H groups in total. The van der Waals surface area contributed by atoms with Gasteiger partial charge in [-0.15, -0.1) is 10.2 Å². The van der Waals surface area contributed by atoms with Crippen molar-refractivity contribution in [2.75, 3.05) is 18.7 Å². The van der Waals surface area contributed by atoms with Crippen LogP contribution in [0, 0.1) is 5.41 Å². The van der Waals surface area contributed by atoms with Gasteiger partial charge < -0.3 is 14.5 Å². The number of benzene rings is 2. The van der Waals surface area contributed by atoms with Crippen LogP contribution >= 0.6 is 15.9 Å². The van der Waals surface area contributed by atoms with Crippen LogP contribution in [0.1, 0.15) is 11.5 Å². The molecule has 0 atom stereocenters. The van der Waals surface area contributed by atoms with Crippen LogP contribution in [-0.2, 0) is 20.8 Å². The number of anilines is 1. The monoisotopic (exact) mass is 570 g/mol. The first-order valence-electron chi connectivity index (χ1n) is 9.62. The van der Waals surface area contributed by atoms with E-state index in [1.165, 1.54) is 49.6 Å². The van der Waals surface area contributed by atoms with E-state index in [2.05, 4.69) is 38.0 Å².